The molecule has 0 radical (unpaired) electrons. The number of nitrogens with zero attached hydrogens (tertiary/aromatic N) is 1. The molecular formula is C12H14F3N3O3. The number of alkyl halides is 3. The fourth-order valence-electron chi connectivity index (χ4n) is 1.54. The van der Waals surface area contributed by atoms with E-state index in [0.717, 1.165) is 4.90 Å². The lowest BCUT2D eigenvalue weighted by molar-refractivity contribution is -0.136. The van der Waals surface area contributed by atoms with Crippen LogP contribution in [0.15, 0.2) is 24.3 Å². The molecule has 21 heavy (non-hydrogen) atoms. The lowest BCUT2D eigenvalue weighted by Gasteiger charge is -2.24. The third-order valence-corrected chi connectivity index (χ3v) is 2.46. The van der Waals surface area contributed by atoms with Gasteiger partial charge in [-0.25, -0.2) is 4.79 Å². The summed E-state index contributed by atoms with van der Waals surface area (Å²) in [5.41, 5.74) is 5.97. The highest BCUT2D eigenvalue weighted by Gasteiger charge is 2.29. The topological polar surface area (TPSA) is 95.7 Å². The van der Waals surface area contributed by atoms with Gasteiger partial charge in [0.2, 0.25) is 0 Å². The summed E-state index contributed by atoms with van der Waals surface area (Å²) in [7, 11) is 0. The Bertz CT molecular complexity index is 520. The van der Waals surface area contributed by atoms with Gasteiger partial charge in [-0.05, 0) is 12.1 Å². The second kappa shape index (κ2) is 6.82. The summed E-state index contributed by atoms with van der Waals surface area (Å²) in [6.07, 6.45) is -4.98. The van der Waals surface area contributed by atoms with Gasteiger partial charge in [-0.15, -0.1) is 0 Å². The number of aliphatic carboxylic acids is 1. The molecule has 0 aromatic heterocycles. The number of benzene rings is 1. The van der Waals surface area contributed by atoms with Gasteiger partial charge in [0.1, 0.15) is 6.54 Å². The number of para-hydroxylation sites is 2. The number of nitrogens with one attached hydrogen (secondary N) is 1. The maximum absolute atomic E-state index is 12.1. The average molecular weight is 305 g/mol. The average Bonchev–Trinajstić information content (AvgIpc) is 2.37. The summed E-state index contributed by atoms with van der Waals surface area (Å²) in [5.74, 6) is -1.18. The van der Waals surface area contributed by atoms with Crippen molar-refractivity contribution in [3.05, 3.63) is 24.3 Å². The molecule has 0 aliphatic rings. The molecule has 116 valence electrons. The minimum absolute atomic E-state index is 0.151. The second-order valence-corrected chi connectivity index (χ2v) is 4.13. The molecule has 0 bridgehead atoms. The Morgan fingerprint density at radius 1 is 1.29 bits per heavy atom. The zero-order chi connectivity index (χ0) is 16.0. The Balaban J connectivity index is 2.89. The van der Waals surface area contributed by atoms with E-state index in [1.165, 1.54) is 18.2 Å². The predicted molar refractivity (Wildman–Crippen MR) is 69.9 cm³/mol. The number of nitrogen functional groups attached to an aromatic ring is 1. The van der Waals surface area contributed by atoms with Gasteiger partial charge in [0.15, 0.2) is 0 Å². The number of carbonyl (C=O) groups is 2. The number of rotatable bonds is 5. The van der Waals surface area contributed by atoms with E-state index in [2.05, 4.69) is 0 Å². The molecule has 4 N–H and O–H groups in total. The lowest BCUT2D eigenvalue weighted by Crippen LogP contribution is -2.45. The predicted octanol–water partition coefficient (Wildman–Crippen LogP) is 1.82. The van der Waals surface area contributed by atoms with Crippen LogP contribution in [0.3, 0.4) is 0 Å². The minimum atomic E-state index is -4.56. The quantitative estimate of drug-likeness (QED) is 0.723. The molecule has 1 aromatic rings. The van der Waals surface area contributed by atoms with Crippen LogP contribution in [0, 0.1) is 0 Å². The SMILES string of the molecule is Nc1ccccc1N(CCC(=O)O)C(=O)NCC(F)(F)F. The third-order valence-electron chi connectivity index (χ3n) is 2.46. The van der Waals surface area contributed by atoms with Crippen molar-refractivity contribution in [2.24, 2.45) is 0 Å². The lowest BCUT2D eigenvalue weighted by atomic mass is 10.2. The molecule has 0 atom stereocenters. The highest BCUT2D eigenvalue weighted by atomic mass is 19.4. The molecule has 1 aromatic carbocycles. The van der Waals surface area contributed by atoms with Crippen LogP contribution in [-0.2, 0) is 4.79 Å². The molecule has 0 aliphatic carbocycles. The molecule has 0 fully saturated rings. The molecule has 0 saturated heterocycles. The van der Waals surface area contributed by atoms with Crippen molar-refractivity contribution in [1.82, 2.24) is 5.32 Å². The van der Waals surface area contributed by atoms with Gasteiger partial charge in [0, 0.05) is 6.54 Å². The van der Waals surface area contributed by atoms with Crippen molar-refractivity contribution in [3.63, 3.8) is 0 Å². The van der Waals surface area contributed by atoms with Crippen LogP contribution in [0.2, 0.25) is 0 Å². The summed E-state index contributed by atoms with van der Waals surface area (Å²) < 4.78 is 36.4. The number of anilines is 2. The second-order valence-electron chi connectivity index (χ2n) is 4.13. The van der Waals surface area contributed by atoms with Crippen LogP contribution in [-0.4, -0.2) is 36.4 Å². The largest absolute Gasteiger partial charge is 0.481 e. The molecule has 6 nitrogen and oxygen atoms in total. The molecule has 0 spiro atoms. The molecular weight excluding hydrogens is 291 g/mol. The summed E-state index contributed by atoms with van der Waals surface area (Å²) >= 11 is 0. The number of carbonyl (C=O) groups excluding carboxylic acids is 1. The van der Waals surface area contributed by atoms with Crippen molar-refractivity contribution in [3.8, 4) is 0 Å². The Kier molecular flexibility index (Phi) is 5.39. The van der Waals surface area contributed by atoms with E-state index in [1.54, 1.807) is 11.4 Å². The number of nitrogens with two attached hydrogens (primary N) is 1. The van der Waals surface area contributed by atoms with Crippen molar-refractivity contribution in [2.45, 2.75) is 12.6 Å². The van der Waals surface area contributed by atoms with Gasteiger partial charge in [-0.1, -0.05) is 12.1 Å². The van der Waals surface area contributed by atoms with Crippen LogP contribution >= 0.6 is 0 Å². The molecule has 0 saturated carbocycles. The number of urea groups is 1. The summed E-state index contributed by atoms with van der Waals surface area (Å²) in [6, 6.07) is 4.94. The van der Waals surface area contributed by atoms with Crippen LogP contribution in [0.5, 0.6) is 0 Å². The first-order valence-electron chi connectivity index (χ1n) is 5.89. The first kappa shape index (κ1) is 16.6. The number of hydrogen-bond acceptors (Lipinski definition) is 3. The van der Waals surface area contributed by atoms with Crippen LogP contribution in [0.1, 0.15) is 6.42 Å². The normalized spacial score (nSPS) is 11.0. The fourth-order valence-corrected chi connectivity index (χ4v) is 1.54. The van der Waals surface area contributed by atoms with E-state index in [1.807, 2.05) is 0 Å². The number of hydrogen-bond donors (Lipinski definition) is 3. The molecule has 2 amide bonds. The zero-order valence-electron chi connectivity index (χ0n) is 10.9. The van der Waals surface area contributed by atoms with E-state index >= 15 is 0 Å². The van der Waals surface area contributed by atoms with E-state index in [0.29, 0.717) is 0 Å². The van der Waals surface area contributed by atoms with E-state index < -0.39 is 31.1 Å². The first-order valence-corrected chi connectivity index (χ1v) is 5.89. The summed E-state index contributed by atoms with van der Waals surface area (Å²) in [6.45, 7) is -1.81. The van der Waals surface area contributed by atoms with Crippen molar-refractivity contribution in [2.75, 3.05) is 23.7 Å². The van der Waals surface area contributed by atoms with Crippen molar-refractivity contribution < 1.29 is 27.9 Å². The Morgan fingerprint density at radius 2 is 1.90 bits per heavy atom. The van der Waals surface area contributed by atoms with Crippen molar-refractivity contribution in [1.29, 1.82) is 0 Å². The molecule has 0 heterocycles. The van der Waals surface area contributed by atoms with E-state index in [9.17, 15) is 22.8 Å². The van der Waals surface area contributed by atoms with E-state index in [4.69, 9.17) is 10.8 Å². The number of amides is 2. The summed E-state index contributed by atoms with van der Waals surface area (Å²) in [5, 5.41) is 10.3. The smallest absolute Gasteiger partial charge is 0.405 e. The highest BCUT2D eigenvalue weighted by Crippen LogP contribution is 2.23. The maximum atomic E-state index is 12.1. The van der Waals surface area contributed by atoms with Gasteiger partial charge in [-0.3, -0.25) is 9.69 Å². The first-order chi connectivity index (χ1) is 9.70. The van der Waals surface area contributed by atoms with Gasteiger partial charge in [0.25, 0.3) is 0 Å². The van der Waals surface area contributed by atoms with Crippen LogP contribution < -0.4 is 16.0 Å². The Labute approximate surface area is 118 Å². The monoisotopic (exact) mass is 305 g/mol. The fraction of sp³-hybridized carbons (Fsp3) is 0.333. The zero-order valence-corrected chi connectivity index (χ0v) is 10.9. The van der Waals surface area contributed by atoms with E-state index in [-0.39, 0.29) is 17.9 Å². The number of carboxylic acid groups (broad SMARTS) is 1. The highest BCUT2D eigenvalue weighted by molar-refractivity contribution is 5.95. The summed E-state index contributed by atoms with van der Waals surface area (Å²) in [4.78, 5) is 23.3. The van der Waals surface area contributed by atoms with Gasteiger partial charge < -0.3 is 16.2 Å². The Morgan fingerprint density at radius 3 is 2.43 bits per heavy atom. The van der Waals surface area contributed by atoms with Crippen LogP contribution in [0.25, 0.3) is 0 Å². The molecule has 9 heteroatoms. The van der Waals surface area contributed by atoms with Crippen molar-refractivity contribution >= 4 is 23.4 Å². The maximum Gasteiger partial charge on any atom is 0.405 e. The third kappa shape index (κ3) is 5.59. The number of carboxylic acids is 1. The minimum Gasteiger partial charge on any atom is -0.481 e. The molecule has 1 rings (SSSR count). The Hall–Kier alpha value is -2.45. The van der Waals surface area contributed by atoms with Gasteiger partial charge in [0.05, 0.1) is 17.8 Å². The van der Waals surface area contributed by atoms with Gasteiger partial charge >= 0.3 is 18.2 Å². The molecule has 0 aliphatic heterocycles. The van der Waals surface area contributed by atoms with Gasteiger partial charge in [-0.2, -0.15) is 13.2 Å². The van der Waals surface area contributed by atoms with Crippen LogP contribution in [0.4, 0.5) is 29.3 Å². The molecule has 0 unspecified atom stereocenters. The number of halogens is 3. The standard InChI is InChI=1S/C12H14F3N3O3/c13-12(14,15)7-17-11(21)18(6-5-10(19)20)9-4-2-1-3-8(9)16/h1-4H,5-7,16H2,(H,17,21)(H,19,20).